The average molecular weight is 518 g/mol. The van der Waals surface area contributed by atoms with Crippen LogP contribution < -0.4 is 11.4 Å². The van der Waals surface area contributed by atoms with E-state index in [2.05, 4.69) is 5.10 Å². The van der Waals surface area contributed by atoms with Crippen molar-refractivity contribution in [2.75, 3.05) is 13.1 Å². The van der Waals surface area contributed by atoms with E-state index >= 15 is 0 Å². The second-order valence-electron chi connectivity index (χ2n) is 9.91. The normalized spacial score (nSPS) is 14.2. The lowest BCUT2D eigenvalue weighted by molar-refractivity contribution is 0.0640. The number of aromatic nitrogens is 3. The highest BCUT2D eigenvalue weighted by Gasteiger charge is 2.40. The zero-order valence-electron chi connectivity index (χ0n) is 21.2. The molecule has 2 heterocycles. The molecular formula is C29H32ClN5O2. The minimum Gasteiger partial charge on any atom is -0.330 e. The van der Waals surface area contributed by atoms with Crippen LogP contribution in [0.25, 0.3) is 5.52 Å². The van der Waals surface area contributed by atoms with Crippen molar-refractivity contribution in [1.29, 1.82) is 0 Å². The van der Waals surface area contributed by atoms with Crippen molar-refractivity contribution in [1.82, 2.24) is 19.1 Å². The van der Waals surface area contributed by atoms with Gasteiger partial charge in [0.05, 0.1) is 28.8 Å². The van der Waals surface area contributed by atoms with Crippen LogP contribution in [0.1, 0.15) is 58.2 Å². The highest BCUT2D eigenvalue weighted by molar-refractivity contribution is 6.34. The SMILES string of the molecule is Cc1ccc(C(=O)N(CCCN)[C@@H](c2cc3c(Cl)c(C)nn3c(=O)n2Cc2ccccc2)C2CC2)cc1. The summed E-state index contributed by atoms with van der Waals surface area (Å²) in [5, 5.41) is 4.87. The number of carbonyl (C=O) groups is 1. The van der Waals surface area contributed by atoms with Crippen LogP contribution in [-0.4, -0.2) is 38.1 Å². The zero-order chi connectivity index (χ0) is 26.1. The standard InChI is InChI=1S/C29H32ClN5O2/c1-19-9-11-23(12-10-19)28(36)33(16-6-15-31)27(22-13-14-22)25-17-24-26(30)20(2)32-35(24)29(37)34(25)18-21-7-4-3-5-8-21/h3-5,7-12,17,22,27H,6,13-16,18,31H2,1-2H3/t27-/m1/s1. The third kappa shape index (κ3) is 5.06. The van der Waals surface area contributed by atoms with E-state index in [1.807, 2.05) is 72.5 Å². The van der Waals surface area contributed by atoms with Crippen molar-refractivity contribution < 1.29 is 4.79 Å². The largest absolute Gasteiger partial charge is 0.349 e. The van der Waals surface area contributed by atoms with Crippen LogP contribution in [0.3, 0.4) is 0 Å². The quantitative estimate of drug-likeness (QED) is 0.347. The predicted octanol–water partition coefficient (Wildman–Crippen LogP) is 4.76. The van der Waals surface area contributed by atoms with Gasteiger partial charge in [0.25, 0.3) is 5.91 Å². The number of carbonyl (C=O) groups excluding carboxylic acids is 1. The Labute approximate surface area is 221 Å². The Balaban J connectivity index is 1.69. The second-order valence-corrected chi connectivity index (χ2v) is 10.3. The first-order chi connectivity index (χ1) is 17.9. The number of hydrogen-bond donors (Lipinski definition) is 1. The van der Waals surface area contributed by atoms with Gasteiger partial charge in [0, 0.05) is 17.8 Å². The molecule has 4 aromatic rings. The number of nitrogens with two attached hydrogens (primary N) is 1. The Morgan fingerprint density at radius 3 is 2.49 bits per heavy atom. The van der Waals surface area contributed by atoms with Gasteiger partial charge in [-0.05, 0) is 69.3 Å². The van der Waals surface area contributed by atoms with Crippen molar-refractivity contribution in [3.63, 3.8) is 0 Å². The molecule has 1 fully saturated rings. The van der Waals surface area contributed by atoms with E-state index in [-0.39, 0.29) is 23.6 Å². The van der Waals surface area contributed by atoms with Gasteiger partial charge in [0.2, 0.25) is 0 Å². The van der Waals surface area contributed by atoms with Crippen LogP contribution >= 0.6 is 11.6 Å². The van der Waals surface area contributed by atoms with Crippen LogP contribution in [-0.2, 0) is 6.54 Å². The Morgan fingerprint density at radius 2 is 1.84 bits per heavy atom. The van der Waals surface area contributed by atoms with E-state index in [0.29, 0.717) is 47.9 Å². The number of aryl methyl sites for hydroxylation is 2. The Hall–Kier alpha value is -3.42. The molecule has 1 aliphatic carbocycles. The lowest BCUT2D eigenvalue weighted by atomic mass is 10.0. The van der Waals surface area contributed by atoms with Crippen molar-refractivity contribution in [2.24, 2.45) is 11.7 Å². The molecule has 8 heteroatoms. The molecular weight excluding hydrogens is 486 g/mol. The molecule has 37 heavy (non-hydrogen) atoms. The summed E-state index contributed by atoms with van der Waals surface area (Å²) in [6.45, 7) is 5.14. The Morgan fingerprint density at radius 1 is 1.14 bits per heavy atom. The lowest BCUT2D eigenvalue weighted by Crippen LogP contribution is -2.41. The van der Waals surface area contributed by atoms with Gasteiger partial charge in [-0.25, -0.2) is 4.79 Å². The van der Waals surface area contributed by atoms with E-state index in [0.717, 1.165) is 29.7 Å². The highest BCUT2D eigenvalue weighted by atomic mass is 35.5. The third-order valence-electron chi connectivity index (χ3n) is 7.08. The van der Waals surface area contributed by atoms with E-state index in [1.165, 1.54) is 4.52 Å². The van der Waals surface area contributed by atoms with Gasteiger partial charge < -0.3 is 10.6 Å². The molecule has 0 unspecified atom stereocenters. The van der Waals surface area contributed by atoms with Gasteiger partial charge in [-0.1, -0.05) is 59.6 Å². The number of halogens is 1. The maximum absolute atomic E-state index is 14.0. The molecule has 5 rings (SSSR count). The van der Waals surface area contributed by atoms with Crippen molar-refractivity contribution in [2.45, 2.75) is 45.7 Å². The van der Waals surface area contributed by atoms with Gasteiger partial charge >= 0.3 is 5.69 Å². The molecule has 0 bridgehead atoms. The molecule has 0 saturated heterocycles. The number of nitrogens with zero attached hydrogens (tertiary/aromatic N) is 4. The molecule has 1 aliphatic rings. The highest BCUT2D eigenvalue weighted by Crippen LogP contribution is 2.45. The van der Waals surface area contributed by atoms with Gasteiger partial charge in [0.1, 0.15) is 0 Å². The molecule has 7 nitrogen and oxygen atoms in total. The second kappa shape index (κ2) is 10.5. The topological polar surface area (TPSA) is 85.6 Å². The van der Waals surface area contributed by atoms with Crippen molar-refractivity contribution >= 4 is 23.0 Å². The molecule has 192 valence electrons. The molecule has 1 amide bonds. The molecule has 1 atom stereocenters. The number of benzene rings is 2. The Kier molecular flexibility index (Phi) is 7.17. The molecule has 2 N–H and O–H groups in total. The first kappa shape index (κ1) is 25.2. The maximum atomic E-state index is 14.0. The van der Waals surface area contributed by atoms with E-state index in [4.69, 9.17) is 17.3 Å². The van der Waals surface area contributed by atoms with Gasteiger partial charge in [-0.3, -0.25) is 9.36 Å². The van der Waals surface area contributed by atoms with E-state index < -0.39 is 0 Å². The molecule has 0 aliphatic heterocycles. The summed E-state index contributed by atoms with van der Waals surface area (Å²) in [6, 6.07) is 19.2. The minimum atomic E-state index is -0.284. The minimum absolute atomic E-state index is 0.0558. The number of amides is 1. The van der Waals surface area contributed by atoms with Crippen LogP contribution in [0.4, 0.5) is 0 Å². The van der Waals surface area contributed by atoms with Crippen LogP contribution in [0.2, 0.25) is 5.02 Å². The summed E-state index contributed by atoms with van der Waals surface area (Å²) >= 11 is 6.61. The summed E-state index contributed by atoms with van der Waals surface area (Å²) < 4.78 is 3.13. The molecule has 0 spiro atoms. The summed E-state index contributed by atoms with van der Waals surface area (Å²) in [4.78, 5) is 29.7. The number of fused-ring (bicyclic) bond motifs is 1. The number of rotatable bonds is 9. The third-order valence-corrected chi connectivity index (χ3v) is 7.55. The first-order valence-corrected chi connectivity index (χ1v) is 13.2. The van der Waals surface area contributed by atoms with Crippen LogP contribution in [0.15, 0.2) is 65.5 Å². The summed E-state index contributed by atoms with van der Waals surface area (Å²) in [5.41, 5.74) is 10.3. The van der Waals surface area contributed by atoms with Gasteiger partial charge in [-0.2, -0.15) is 9.61 Å². The van der Waals surface area contributed by atoms with Gasteiger partial charge in [-0.15, -0.1) is 0 Å². The van der Waals surface area contributed by atoms with E-state index in [9.17, 15) is 9.59 Å². The fraction of sp³-hybridized carbons (Fsp3) is 0.345. The predicted molar refractivity (Wildman–Crippen MR) is 146 cm³/mol. The first-order valence-electron chi connectivity index (χ1n) is 12.8. The van der Waals surface area contributed by atoms with E-state index in [1.54, 1.807) is 11.5 Å². The Bertz CT molecular complexity index is 1470. The fourth-order valence-corrected chi connectivity index (χ4v) is 5.14. The van der Waals surface area contributed by atoms with Crippen LogP contribution in [0.5, 0.6) is 0 Å². The maximum Gasteiger partial charge on any atom is 0.349 e. The molecule has 2 aromatic carbocycles. The van der Waals surface area contributed by atoms with Crippen LogP contribution in [0, 0.1) is 19.8 Å². The van der Waals surface area contributed by atoms with Crippen molar-refractivity contribution in [3.8, 4) is 0 Å². The molecule has 1 saturated carbocycles. The van der Waals surface area contributed by atoms with Gasteiger partial charge in [0.15, 0.2) is 0 Å². The van der Waals surface area contributed by atoms with Crippen molar-refractivity contribution in [3.05, 3.63) is 104 Å². The number of hydrogen-bond acceptors (Lipinski definition) is 4. The fourth-order valence-electron chi connectivity index (χ4n) is 4.97. The summed E-state index contributed by atoms with van der Waals surface area (Å²) in [6.07, 6.45) is 2.64. The average Bonchev–Trinajstić information content (AvgIpc) is 3.70. The monoisotopic (exact) mass is 517 g/mol. The zero-order valence-corrected chi connectivity index (χ0v) is 22.0. The summed E-state index contributed by atoms with van der Waals surface area (Å²) in [7, 11) is 0. The molecule has 0 radical (unpaired) electrons. The smallest absolute Gasteiger partial charge is 0.330 e. The molecule has 2 aromatic heterocycles. The summed E-state index contributed by atoms with van der Waals surface area (Å²) in [5.74, 6) is 0.193. The lowest BCUT2D eigenvalue weighted by Gasteiger charge is -2.34.